The lowest BCUT2D eigenvalue weighted by Crippen LogP contribution is -2.47. The van der Waals surface area contributed by atoms with E-state index in [4.69, 9.17) is 4.74 Å². The molecule has 26 heavy (non-hydrogen) atoms. The minimum absolute atomic E-state index is 0.0554. The monoisotopic (exact) mass is 366 g/mol. The Hall–Kier alpha value is -1.14. The Balaban J connectivity index is 1.36. The average Bonchev–Trinajstić information content (AvgIpc) is 3.01. The quantitative estimate of drug-likeness (QED) is 0.646. The summed E-state index contributed by atoms with van der Waals surface area (Å²) in [6, 6.07) is -0.228. The first-order valence-electron chi connectivity index (χ1n) is 10.5. The number of carbonyl (C=O) groups is 2. The zero-order chi connectivity index (χ0) is 18.4. The highest BCUT2D eigenvalue weighted by molar-refractivity contribution is 5.80. The number of rotatable bonds is 8. The van der Waals surface area contributed by atoms with Gasteiger partial charge in [-0.2, -0.15) is 0 Å². The highest BCUT2D eigenvalue weighted by atomic mass is 16.5. The van der Waals surface area contributed by atoms with E-state index in [1.165, 1.54) is 38.5 Å². The second-order valence-electron chi connectivity index (χ2n) is 8.21. The molecule has 1 amide bonds. The van der Waals surface area contributed by atoms with Crippen molar-refractivity contribution in [3.8, 4) is 0 Å². The van der Waals surface area contributed by atoms with E-state index in [0.717, 1.165) is 25.7 Å². The van der Waals surface area contributed by atoms with E-state index < -0.39 is 12.0 Å². The summed E-state index contributed by atoms with van der Waals surface area (Å²) in [7, 11) is 0. The van der Waals surface area contributed by atoms with Crippen molar-refractivity contribution in [1.82, 2.24) is 10.2 Å². The predicted octanol–water partition coefficient (Wildman–Crippen LogP) is 2.56. The Labute approximate surface area is 156 Å². The number of nitrogens with one attached hydrogen (secondary N) is 1. The first-order valence-corrected chi connectivity index (χ1v) is 10.5. The summed E-state index contributed by atoms with van der Waals surface area (Å²) >= 11 is 0. The lowest BCUT2D eigenvalue weighted by atomic mass is 9.85. The number of carboxylic acid groups (broad SMARTS) is 1. The number of amides is 1. The van der Waals surface area contributed by atoms with Crippen molar-refractivity contribution in [2.45, 2.75) is 88.8 Å². The van der Waals surface area contributed by atoms with E-state index >= 15 is 0 Å². The van der Waals surface area contributed by atoms with Crippen LogP contribution < -0.4 is 5.32 Å². The van der Waals surface area contributed by atoms with Crippen LogP contribution in [0.25, 0.3) is 0 Å². The van der Waals surface area contributed by atoms with E-state index in [0.29, 0.717) is 31.6 Å². The molecule has 6 nitrogen and oxygen atoms in total. The van der Waals surface area contributed by atoms with Crippen LogP contribution in [0.15, 0.2) is 0 Å². The summed E-state index contributed by atoms with van der Waals surface area (Å²) in [6.45, 7) is 1.50. The molecule has 2 saturated carbocycles. The molecule has 3 fully saturated rings. The van der Waals surface area contributed by atoms with Gasteiger partial charge in [0.2, 0.25) is 5.91 Å². The van der Waals surface area contributed by atoms with Gasteiger partial charge in [0.1, 0.15) is 6.04 Å². The molecule has 6 heteroatoms. The van der Waals surface area contributed by atoms with Gasteiger partial charge in [0.15, 0.2) is 0 Å². The number of likely N-dealkylation sites (tertiary alicyclic amines) is 1. The molecule has 2 aliphatic carbocycles. The van der Waals surface area contributed by atoms with Crippen LogP contribution in [0.1, 0.15) is 70.6 Å². The maximum Gasteiger partial charge on any atom is 0.320 e. The number of fused-ring (bicyclic) bond motifs is 1. The third-order valence-electron chi connectivity index (χ3n) is 6.38. The van der Waals surface area contributed by atoms with Crippen molar-refractivity contribution >= 4 is 11.9 Å². The number of aliphatic carboxylic acids is 1. The molecule has 3 rings (SSSR count). The first-order chi connectivity index (χ1) is 12.6. The lowest BCUT2D eigenvalue weighted by Gasteiger charge is -2.32. The van der Waals surface area contributed by atoms with Gasteiger partial charge in [0, 0.05) is 19.2 Å². The molecule has 3 aliphatic rings. The second-order valence-corrected chi connectivity index (χ2v) is 8.21. The Bertz CT molecular complexity index is 478. The third-order valence-corrected chi connectivity index (χ3v) is 6.38. The predicted molar refractivity (Wildman–Crippen MR) is 98.9 cm³/mol. The van der Waals surface area contributed by atoms with Gasteiger partial charge >= 0.3 is 5.97 Å². The highest BCUT2D eigenvalue weighted by Crippen LogP contribution is 2.39. The van der Waals surface area contributed by atoms with Crippen LogP contribution in [0.4, 0.5) is 0 Å². The van der Waals surface area contributed by atoms with E-state index in [9.17, 15) is 14.7 Å². The summed E-state index contributed by atoms with van der Waals surface area (Å²) in [4.78, 5) is 25.9. The Morgan fingerprint density at radius 3 is 2.54 bits per heavy atom. The van der Waals surface area contributed by atoms with Gasteiger partial charge in [-0.05, 0) is 44.4 Å². The van der Waals surface area contributed by atoms with Gasteiger partial charge in [-0.3, -0.25) is 14.5 Å². The number of hydrogen-bond acceptors (Lipinski definition) is 4. The summed E-state index contributed by atoms with van der Waals surface area (Å²) in [5.41, 5.74) is 0. The molecule has 0 bridgehead atoms. The number of hydrogen-bond donors (Lipinski definition) is 2. The van der Waals surface area contributed by atoms with Crippen LogP contribution in [0.2, 0.25) is 0 Å². The second kappa shape index (κ2) is 9.70. The van der Waals surface area contributed by atoms with Crippen molar-refractivity contribution in [3.05, 3.63) is 0 Å². The molecule has 1 saturated heterocycles. The van der Waals surface area contributed by atoms with Crippen molar-refractivity contribution in [2.24, 2.45) is 5.92 Å². The normalized spacial score (nSPS) is 30.1. The molecule has 1 heterocycles. The van der Waals surface area contributed by atoms with Crippen LogP contribution in [-0.4, -0.2) is 59.8 Å². The fourth-order valence-electron chi connectivity index (χ4n) is 5.03. The molecule has 3 unspecified atom stereocenters. The highest BCUT2D eigenvalue weighted by Gasteiger charge is 2.45. The van der Waals surface area contributed by atoms with Crippen LogP contribution in [0.5, 0.6) is 0 Å². The Morgan fingerprint density at radius 1 is 1.04 bits per heavy atom. The molecular weight excluding hydrogens is 332 g/mol. The molecule has 2 N–H and O–H groups in total. The summed E-state index contributed by atoms with van der Waals surface area (Å²) in [6.07, 6.45) is 12.6. The average molecular weight is 367 g/mol. The van der Waals surface area contributed by atoms with Gasteiger partial charge < -0.3 is 15.2 Å². The zero-order valence-corrected chi connectivity index (χ0v) is 15.8. The van der Waals surface area contributed by atoms with E-state index in [1.807, 2.05) is 4.90 Å². The number of carboxylic acids is 1. The van der Waals surface area contributed by atoms with Gasteiger partial charge in [-0.25, -0.2) is 0 Å². The molecule has 3 atom stereocenters. The fourth-order valence-corrected chi connectivity index (χ4v) is 5.03. The largest absolute Gasteiger partial charge is 0.480 e. The van der Waals surface area contributed by atoms with Crippen LogP contribution in [0, 0.1) is 5.92 Å². The Morgan fingerprint density at radius 2 is 1.77 bits per heavy atom. The number of carbonyl (C=O) groups excluding carboxylic acids is 1. The Kier molecular flexibility index (Phi) is 7.32. The lowest BCUT2D eigenvalue weighted by molar-refractivity contribution is -0.143. The molecule has 0 aromatic carbocycles. The fraction of sp³-hybridized carbons (Fsp3) is 0.900. The molecule has 0 aromatic rings. The standard InChI is InChI=1S/C20H34N2O4/c23-19(21-11-6-12-26-16-8-2-1-3-9-16)14-22-17-10-5-4-7-15(17)13-18(22)20(24)25/h15-18H,1-14H2,(H,21,23)(H,24,25). The molecule has 0 aromatic heterocycles. The van der Waals surface area contributed by atoms with Gasteiger partial charge in [0.05, 0.1) is 12.6 Å². The van der Waals surface area contributed by atoms with Gasteiger partial charge in [0.25, 0.3) is 0 Å². The summed E-state index contributed by atoms with van der Waals surface area (Å²) in [5.74, 6) is -0.394. The van der Waals surface area contributed by atoms with Crippen molar-refractivity contribution < 1.29 is 19.4 Å². The molecule has 0 radical (unpaired) electrons. The minimum atomic E-state index is -0.784. The first kappa shape index (κ1) is 19.6. The van der Waals surface area contributed by atoms with Gasteiger partial charge in [-0.15, -0.1) is 0 Å². The molecule has 148 valence electrons. The number of nitrogens with zero attached hydrogens (tertiary/aromatic N) is 1. The minimum Gasteiger partial charge on any atom is -0.480 e. The molecule has 1 aliphatic heterocycles. The van der Waals surface area contributed by atoms with E-state index in [-0.39, 0.29) is 18.5 Å². The van der Waals surface area contributed by atoms with Crippen molar-refractivity contribution in [1.29, 1.82) is 0 Å². The summed E-state index contributed by atoms with van der Waals surface area (Å²) < 4.78 is 5.88. The van der Waals surface area contributed by atoms with Crippen LogP contribution >= 0.6 is 0 Å². The van der Waals surface area contributed by atoms with Gasteiger partial charge in [-0.1, -0.05) is 32.1 Å². The van der Waals surface area contributed by atoms with Crippen molar-refractivity contribution in [3.63, 3.8) is 0 Å². The maximum atomic E-state index is 12.3. The van der Waals surface area contributed by atoms with E-state index in [2.05, 4.69) is 5.32 Å². The smallest absolute Gasteiger partial charge is 0.320 e. The number of ether oxygens (including phenoxy) is 1. The SMILES string of the molecule is O=C(CN1C(C(=O)O)CC2CCCCC21)NCCCOC1CCCCC1. The van der Waals surface area contributed by atoms with Crippen LogP contribution in [-0.2, 0) is 14.3 Å². The summed E-state index contributed by atoms with van der Waals surface area (Å²) in [5, 5.41) is 12.5. The van der Waals surface area contributed by atoms with Crippen LogP contribution in [0.3, 0.4) is 0 Å². The maximum absolute atomic E-state index is 12.3. The third kappa shape index (κ3) is 5.19. The topological polar surface area (TPSA) is 78.9 Å². The molecule has 0 spiro atoms. The molecular formula is C20H34N2O4. The van der Waals surface area contributed by atoms with E-state index in [1.54, 1.807) is 0 Å². The zero-order valence-electron chi connectivity index (χ0n) is 15.8. The van der Waals surface area contributed by atoms with Crippen molar-refractivity contribution in [2.75, 3.05) is 19.7 Å².